The normalized spacial score (nSPS) is 13.2. The number of benzene rings is 2. The van der Waals surface area contributed by atoms with Gasteiger partial charge in [0.1, 0.15) is 5.00 Å². The van der Waals surface area contributed by atoms with E-state index in [4.69, 9.17) is 16.3 Å². The van der Waals surface area contributed by atoms with Gasteiger partial charge in [-0.05, 0) is 61.6 Å². The van der Waals surface area contributed by atoms with E-state index in [1.807, 2.05) is 0 Å². The number of sulfonamides is 1. The number of ether oxygens (including phenoxy) is 1. The van der Waals surface area contributed by atoms with Crippen LogP contribution in [0, 0.1) is 0 Å². The topological polar surface area (TPSA) is 102 Å². The average Bonchev–Trinajstić information content (AvgIpc) is 3.18. The maximum atomic E-state index is 13.1. The van der Waals surface area contributed by atoms with Gasteiger partial charge >= 0.3 is 5.97 Å². The molecule has 1 aromatic heterocycles. The van der Waals surface area contributed by atoms with E-state index in [1.165, 1.54) is 48.8 Å². The molecule has 0 atom stereocenters. The number of anilines is 2. The number of carbonyl (C=O) groups is 2. The van der Waals surface area contributed by atoms with Crippen molar-refractivity contribution in [3.8, 4) is 0 Å². The van der Waals surface area contributed by atoms with Crippen LogP contribution in [-0.4, -0.2) is 27.4 Å². The number of hydrogen-bond acceptors (Lipinski definition) is 6. The molecule has 33 heavy (non-hydrogen) atoms. The molecule has 0 unspecified atom stereocenters. The fourth-order valence-electron chi connectivity index (χ4n) is 3.72. The van der Waals surface area contributed by atoms with Crippen molar-refractivity contribution in [2.24, 2.45) is 0 Å². The number of amides is 1. The molecule has 7 nitrogen and oxygen atoms in total. The van der Waals surface area contributed by atoms with Crippen molar-refractivity contribution in [2.45, 2.75) is 30.6 Å². The van der Waals surface area contributed by atoms with E-state index in [-0.39, 0.29) is 21.2 Å². The van der Waals surface area contributed by atoms with Gasteiger partial charge in [0.2, 0.25) is 0 Å². The minimum atomic E-state index is -3.83. The van der Waals surface area contributed by atoms with Crippen molar-refractivity contribution in [2.75, 3.05) is 17.1 Å². The first-order valence-corrected chi connectivity index (χ1v) is 12.9. The molecule has 1 heterocycles. The number of halogens is 1. The summed E-state index contributed by atoms with van der Waals surface area (Å²) in [4.78, 5) is 26.7. The van der Waals surface area contributed by atoms with Crippen LogP contribution in [0.5, 0.6) is 0 Å². The van der Waals surface area contributed by atoms with E-state index in [2.05, 4.69) is 10.0 Å². The van der Waals surface area contributed by atoms with Gasteiger partial charge in [-0.2, -0.15) is 0 Å². The van der Waals surface area contributed by atoms with Crippen LogP contribution < -0.4 is 10.0 Å². The fraction of sp³-hybridized carbons (Fsp3) is 0.217. The van der Waals surface area contributed by atoms with Crippen LogP contribution in [0.2, 0.25) is 5.02 Å². The van der Waals surface area contributed by atoms with E-state index in [0.717, 1.165) is 36.1 Å². The Hall–Kier alpha value is -2.88. The second kappa shape index (κ2) is 9.54. The molecule has 1 amide bonds. The predicted molar refractivity (Wildman–Crippen MR) is 129 cm³/mol. The Balaban J connectivity index is 1.62. The molecule has 0 fully saturated rings. The molecule has 1 aliphatic carbocycles. The Kier molecular flexibility index (Phi) is 6.73. The number of nitrogens with one attached hydrogen (secondary N) is 2. The first kappa shape index (κ1) is 23.3. The van der Waals surface area contributed by atoms with Crippen LogP contribution >= 0.6 is 22.9 Å². The number of methoxy groups -OCH3 is 1. The quantitative estimate of drug-likeness (QED) is 0.454. The molecule has 0 radical (unpaired) electrons. The van der Waals surface area contributed by atoms with Crippen LogP contribution in [0.15, 0.2) is 53.4 Å². The van der Waals surface area contributed by atoms with E-state index in [1.54, 1.807) is 18.2 Å². The Morgan fingerprint density at radius 3 is 2.52 bits per heavy atom. The minimum absolute atomic E-state index is 0.0760. The molecule has 2 N–H and O–H groups in total. The zero-order valence-corrected chi connectivity index (χ0v) is 20.1. The number of fused-ring (bicyclic) bond motifs is 1. The third-order valence-electron chi connectivity index (χ3n) is 5.30. The lowest BCUT2D eigenvalue weighted by molar-refractivity contribution is 0.0601. The van der Waals surface area contributed by atoms with Gasteiger partial charge in [0, 0.05) is 10.6 Å². The molecular formula is C23H21ClN2O5S2. The van der Waals surface area contributed by atoms with Crippen molar-refractivity contribution in [3.05, 3.63) is 75.1 Å². The van der Waals surface area contributed by atoms with E-state index in [0.29, 0.717) is 10.6 Å². The molecule has 172 valence electrons. The summed E-state index contributed by atoms with van der Waals surface area (Å²) in [5.74, 6) is -1.05. The largest absolute Gasteiger partial charge is 0.465 e. The summed E-state index contributed by atoms with van der Waals surface area (Å²) in [6.07, 6.45) is 3.59. The highest BCUT2D eigenvalue weighted by Gasteiger charge is 2.27. The molecule has 0 saturated heterocycles. The third kappa shape index (κ3) is 4.90. The lowest BCUT2D eigenvalue weighted by Gasteiger charge is -2.12. The van der Waals surface area contributed by atoms with Gasteiger partial charge in [-0.3, -0.25) is 9.52 Å². The van der Waals surface area contributed by atoms with Gasteiger partial charge in [0.15, 0.2) is 0 Å². The average molecular weight is 505 g/mol. The summed E-state index contributed by atoms with van der Waals surface area (Å²) in [6.45, 7) is 0. The Labute approximate surface area is 200 Å². The van der Waals surface area contributed by atoms with Crippen LogP contribution in [0.4, 0.5) is 10.7 Å². The summed E-state index contributed by atoms with van der Waals surface area (Å²) < 4.78 is 32.7. The molecule has 10 heteroatoms. The Morgan fingerprint density at radius 2 is 1.79 bits per heavy atom. The molecule has 4 rings (SSSR count). The van der Waals surface area contributed by atoms with E-state index < -0.39 is 21.9 Å². The maximum Gasteiger partial charge on any atom is 0.341 e. The van der Waals surface area contributed by atoms with E-state index in [9.17, 15) is 18.0 Å². The van der Waals surface area contributed by atoms with Crippen LogP contribution in [0.3, 0.4) is 0 Å². The summed E-state index contributed by atoms with van der Waals surface area (Å²) in [5.41, 5.74) is 1.56. The number of esters is 1. The van der Waals surface area contributed by atoms with Crippen molar-refractivity contribution >= 4 is 55.5 Å². The first-order valence-electron chi connectivity index (χ1n) is 10.2. The zero-order chi connectivity index (χ0) is 23.6. The van der Waals surface area contributed by atoms with Gasteiger partial charge in [-0.15, -0.1) is 11.3 Å². The maximum absolute atomic E-state index is 13.1. The Morgan fingerprint density at radius 1 is 1.06 bits per heavy atom. The van der Waals surface area contributed by atoms with Crippen LogP contribution in [0.1, 0.15) is 44.0 Å². The second-order valence-electron chi connectivity index (χ2n) is 7.47. The number of hydrogen-bond donors (Lipinski definition) is 2. The van der Waals surface area contributed by atoms with Crippen LogP contribution in [-0.2, 0) is 27.6 Å². The smallest absolute Gasteiger partial charge is 0.341 e. The number of aryl methyl sites for hydroxylation is 1. The molecule has 1 aliphatic rings. The van der Waals surface area contributed by atoms with Crippen molar-refractivity contribution in [3.63, 3.8) is 0 Å². The van der Waals surface area contributed by atoms with Gasteiger partial charge < -0.3 is 10.1 Å². The summed E-state index contributed by atoms with van der Waals surface area (Å²) in [6, 6.07) is 12.2. The van der Waals surface area contributed by atoms with Crippen molar-refractivity contribution < 1.29 is 22.7 Å². The predicted octanol–water partition coefficient (Wildman–Crippen LogP) is 5.12. The monoisotopic (exact) mass is 504 g/mol. The van der Waals surface area contributed by atoms with Crippen LogP contribution in [0.25, 0.3) is 0 Å². The van der Waals surface area contributed by atoms with Gasteiger partial charge in [-0.1, -0.05) is 29.8 Å². The number of thiophene rings is 1. The lowest BCUT2D eigenvalue weighted by Crippen LogP contribution is -2.17. The highest BCUT2D eigenvalue weighted by atomic mass is 35.5. The first-order chi connectivity index (χ1) is 15.8. The number of carbonyl (C=O) groups excluding carboxylic acids is 2. The summed E-state index contributed by atoms with van der Waals surface area (Å²) in [5, 5.41) is 3.34. The standard InChI is InChI=1S/C23H21ClN2O5S2/c1-31-23(28)20-16-9-5-6-10-19(16)32-22(20)25-21(27)17-13-14(11-12-18(17)24)26-33(29,30)15-7-3-2-4-8-15/h2-4,7-8,11-13,26H,5-6,9-10H2,1H3,(H,25,27). The lowest BCUT2D eigenvalue weighted by atomic mass is 9.95. The minimum Gasteiger partial charge on any atom is -0.465 e. The SMILES string of the molecule is COC(=O)c1c(NC(=O)c2cc(NS(=O)(=O)c3ccccc3)ccc2Cl)sc2c1CCCC2. The van der Waals surface area contributed by atoms with Crippen molar-refractivity contribution in [1.82, 2.24) is 0 Å². The molecular weight excluding hydrogens is 484 g/mol. The molecule has 2 aromatic carbocycles. The molecule has 0 spiro atoms. The second-order valence-corrected chi connectivity index (χ2v) is 10.7. The van der Waals surface area contributed by atoms with Gasteiger partial charge in [0.25, 0.3) is 15.9 Å². The fourth-order valence-corrected chi connectivity index (χ4v) is 6.27. The number of rotatable bonds is 6. The van der Waals surface area contributed by atoms with Crippen molar-refractivity contribution in [1.29, 1.82) is 0 Å². The van der Waals surface area contributed by atoms with Gasteiger partial charge in [-0.25, -0.2) is 13.2 Å². The highest BCUT2D eigenvalue weighted by molar-refractivity contribution is 7.92. The molecule has 0 saturated carbocycles. The molecule has 0 bridgehead atoms. The van der Waals surface area contributed by atoms with Gasteiger partial charge in [0.05, 0.1) is 28.2 Å². The molecule has 0 aliphatic heterocycles. The molecule has 3 aromatic rings. The Bertz CT molecular complexity index is 1320. The highest BCUT2D eigenvalue weighted by Crippen LogP contribution is 2.39. The van der Waals surface area contributed by atoms with E-state index >= 15 is 0 Å². The summed E-state index contributed by atoms with van der Waals surface area (Å²) >= 11 is 7.61. The summed E-state index contributed by atoms with van der Waals surface area (Å²) in [7, 11) is -2.53. The zero-order valence-electron chi connectivity index (χ0n) is 17.7. The third-order valence-corrected chi connectivity index (χ3v) is 8.24.